The second-order valence-electron chi connectivity index (χ2n) is 7.98. The molecule has 35 heavy (non-hydrogen) atoms. The van der Waals surface area contributed by atoms with E-state index in [1.807, 2.05) is 30.3 Å². The van der Waals surface area contributed by atoms with E-state index in [-0.39, 0.29) is 23.9 Å². The van der Waals surface area contributed by atoms with Gasteiger partial charge in [-0.05, 0) is 41.0 Å². The average Bonchev–Trinajstić information content (AvgIpc) is 2.84. The van der Waals surface area contributed by atoms with Crippen molar-refractivity contribution in [3.05, 3.63) is 89.5 Å². The molecular formula is C25H29N3O6S. The normalized spacial score (nSPS) is 13.0. The first-order chi connectivity index (χ1) is 16.7. The van der Waals surface area contributed by atoms with Crippen LogP contribution in [0.4, 0.5) is 5.69 Å². The van der Waals surface area contributed by atoms with Crippen LogP contribution in [-0.2, 0) is 21.4 Å². The second-order valence-corrected chi connectivity index (χ2v) is 9.73. The van der Waals surface area contributed by atoms with Crippen molar-refractivity contribution in [1.82, 2.24) is 10.6 Å². The van der Waals surface area contributed by atoms with E-state index >= 15 is 0 Å². The van der Waals surface area contributed by atoms with Crippen molar-refractivity contribution in [2.24, 2.45) is 0 Å². The fourth-order valence-corrected chi connectivity index (χ4v) is 4.00. The molecule has 10 heteroatoms. The van der Waals surface area contributed by atoms with Gasteiger partial charge in [0.05, 0.1) is 25.2 Å². The Morgan fingerprint density at radius 2 is 1.66 bits per heavy atom. The van der Waals surface area contributed by atoms with E-state index in [0.717, 1.165) is 11.8 Å². The number of aliphatic hydroxyl groups excluding tert-OH is 1. The highest BCUT2D eigenvalue weighted by Crippen LogP contribution is 2.28. The number of phenolic OH excluding ortho intramolecular Hbond substituents is 1. The van der Waals surface area contributed by atoms with Gasteiger partial charge in [0, 0.05) is 13.1 Å². The van der Waals surface area contributed by atoms with Gasteiger partial charge in [0.1, 0.15) is 17.5 Å². The molecule has 3 aromatic carbocycles. The third kappa shape index (κ3) is 7.71. The average molecular weight is 500 g/mol. The first-order valence-electron chi connectivity index (χ1n) is 10.8. The summed E-state index contributed by atoms with van der Waals surface area (Å²) in [5.41, 5.74) is 1.94. The predicted molar refractivity (Wildman–Crippen MR) is 134 cm³/mol. The molecule has 0 aliphatic carbocycles. The monoisotopic (exact) mass is 499 g/mol. The summed E-state index contributed by atoms with van der Waals surface area (Å²) in [6.45, 7) is 0.327. The fraction of sp³-hybridized carbons (Fsp3) is 0.240. The van der Waals surface area contributed by atoms with Crippen molar-refractivity contribution >= 4 is 21.6 Å². The summed E-state index contributed by atoms with van der Waals surface area (Å²) in [4.78, 5) is 13.1. The number of nitrogens with one attached hydrogen (secondary N) is 3. The van der Waals surface area contributed by atoms with E-state index in [0.29, 0.717) is 23.4 Å². The molecule has 0 aliphatic heterocycles. The summed E-state index contributed by atoms with van der Waals surface area (Å²) in [6.07, 6.45) is -0.122. The number of anilines is 1. The van der Waals surface area contributed by atoms with E-state index in [1.54, 1.807) is 31.4 Å². The van der Waals surface area contributed by atoms with Crippen molar-refractivity contribution in [1.29, 1.82) is 0 Å². The van der Waals surface area contributed by atoms with Gasteiger partial charge in [-0.3, -0.25) is 14.8 Å². The first kappa shape index (κ1) is 26.0. The third-order valence-electron chi connectivity index (χ3n) is 5.24. The maximum atomic E-state index is 13.1. The van der Waals surface area contributed by atoms with Crippen LogP contribution in [0.2, 0.25) is 0 Å². The van der Waals surface area contributed by atoms with Gasteiger partial charge in [-0.2, -0.15) is 0 Å². The minimum absolute atomic E-state index is 0.0153. The summed E-state index contributed by atoms with van der Waals surface area (Å²) in [6, 6.07) is 19.9. The molecule has 0 radical (unpaired) electrons. The molecule has 0 spiro atoms. The van der Waals surface area contributed by atoms with Gasteiger partial charge >= 0.3 is 0 Å². The molecule has 186 valence electrons. The largest absolute Gasteiger partial charge is 0.506 e. The number of benzene rings is 3. The van der Waals surface area contributed by atoms with E-state index < -0.39 is 22.2 Å². The van der Waals surface area contributed by atoms with Gasteiger partial charge in [-0.15, -0.1) is 0 Å². The predicted octanol–water partition coefficient (Wildman–Crippen LogP) is 2.45. The standard InChI is InChI=1S/C25H29N3O6S/c1-34-20-11-8-18(9-12-20)24(25(31)27-15-17-6-4-3-5-7-17)26-16-23(30)19-10-13-22(29)21(14-19)28-35(2,32)33/h3-14,23-24,26,28-30H,15-16H2,1-2H3,(H,27,31)/t23-,24-/m1/s1. The lowest BCUT2D eigenvalue weighted by Crippen LogP contribution is -2.39. The minimum atomic E-state index is -3.62. The fourth-order valence-electron chi connectivity index (χ4n) is 3.44. The van der Waals surface area contributed by atoms with Crippen molar-refractivity contribution in [3.63, 3.8) is 0 Å². The maximum Gasteiger partial charge on any atom is 0.242 e. The van der Waals surface area contributed by atoms with Crippen LogP contribution < -0.4 is 20.1 Å². The highest BCUT2D eigenvalue weighted by Gasteiger charge is 2.22. The van der Waals surface area contributed by atoms with Gasteiger partial charge in [-0.25, -0.2) is 8.42 Å². The number of hydrogen-bond donors (Lipinski definition) is 5. The zero-order valence-electron chi connectivity index (χ0n) is 19.4. The summed E-state index contributed by atoms with van der Waals surface area (Å²) >= 11 is 0. The van der Waals surface area contributed by atoms with E-state index in [2.05, 4.69) is 15.4 Å². The SMILES string of the molecule is COc1ccc([C@@H](NC[C@@H](O)c2ccc(O)c(NS(C)(=O)=O)c2)C(=O)NCc2ccccc2)cc1. The number of hydrogen-bond acceptors (Lipinski definition) is 7. The van der Waals surface area contributed by atoms with Crippen LogP contribution >= 0.6 is 0 Å². The molecular weight excluding hydrogens is 470 g/mol. The molecule has 0 heterocycles. The molecule has 9 nitrogen and oxygen atoms in total. The molecule has 1 amide bonds. The second kappa shape index (κ2) is 11.7. The number of aromatic hydroxyl groups is 1. The van der Waals surface area contributed by atoms with Gasteiger partial charge in [0.15, 0.2) is 0 Å². The summed E-state index contributed by atoms with van der Waals surface area (Å²) in [5, 5.41) is 26.7. The molecule has 2 atom stereocenters. The van der Waals surface area contributed by atoms with Crippen LogP contribution in [0.3, 0.4) is 0 Å². The van der Waals surface area contributed by atoms with Crippen molar-refractivity contribution in [2.75, 3.05) is 24.6 Å². The number of ether oxygens (including phenoxy) is 1. The topological polar surface area (TPSA) is 137 Å². The lowest BCUT2D eigenvalue weighted by atomic mass is 10.0. The van der Waals surface area contributed by atoms with E-state index in [4.69, 9.17) is 4.74 Å². The van der Waals surface area contributed by atoms with E-state index in [1.165, 1.54) is 18.2 Å². The highest BCUT2D eigenvalue weighted by molar-refractivity contribution is 7.92. The van der Waals surface area contributed by atoms with Gasteiger partial charge in [0.25, 0.3) is 0 Å². The van der Waals surface area contributed by atoms with Crippen LogP contribution in [0.15, 0.2) is 72.8 Å². The Kier molecular flexibility index (Phi) is 8.69. The number of phenols is 1. The number of amides is 1. The molecule has 0 saturated carbocycles. The minimum Gasteiger partial charge on any atom is -0.506 e. The van der Waals surface area contributed by atoms with Crippen LogP contribution in [0.5, 0.6) is 11.5 Å². The smallest absolute Gasteiger partial charge is 0.242 e. The first-order valence-corrected chi connectivity index (χ1v) is 12.7. The molecule has 3 aromatic rings. The van der Waals surface area contributed by atoms with Gasteiger partial charge < -0.3 is 20.3 Å². The third-order valence-corrected chi connectivity index (χ3v) is 5.83. The zero-order valence-corrected chi connectivity index (χ0v) is 20.2. The maximum absolute atomic E-state index is 13.1. The van der Waals surface area contributed by atoms with Gasteiger partial charge in [-0.1, -0.05) is 48.5 Å². The Labute approximate surface area is 204 Å². The zero-order chi connectivity index (χ0) is 25.4. The molecule has 0 bridgehead atoms. The number of aliphatic hydroxyl groups is 1. The van der Waals surface area contributed by atoms with Gasteiger partial charge in [0.2, 0.25) is 15.9 Å². The van der Waals surface area contributed by atoms with E-state index in [9.17, 15) is 23.4 Å². The molecule has 0 fully saturated rings. The Balaban J connectivity index is 1.75. The molecule has 0 aliphatic rings. The molecule has 0 unspecified atom stereocenters. The summed E-state index contributed by atoms with van der Waals surface area (Å²) in [7, 11) is -2.07. The number of methoxy groups -OCH3 is 1. The van der Waals surface area contributed by atoms with Crippen LogP contribution in [0.25, 0.3) is 0 Å². The van der Waals surface area contributed by atoms with Crippen molar-refractivity contribution in [2.45, 2.75) is 18.7 Å². The summed E-state index contributed by atoms with van der Waals surface area (Å²) < 4.78 is 30.5. The molecule has 5 N–H and O–H groups in total. The van der Waals surface area contributed by atoms with Crippen LogP contribution in [-0.4, -0.2) is 44.4 Å². The Morgan fingerprint density at radius 3 is 2.29 bits per heavy atom. The lowest BCUT2D eigenvalue weighted by Gasteiger charge is -2.22. The van der Waals surface area contributed by atoms with Crippen molar-refractivity contribution in [3.8, 4) is 11.5 Å². The van der Waals surface area contributed by atoms with Crippen molar-refractivity contribution < 1.29 is 28.2 Å². The van der Waals surface area contributed by atoms with Crippen LogP contribution in [0.1, 0.15) is 28.8 Å². The van der Waals surface area contributed by atoms with Crippen LogP contribution in [0, 0.1) is 0 Å². The highest BCUT2D eigenvalue weighted by atomic mass is 32.2. The number of carbonyl (C=O) groups is 1. The molecule has 0 saturated heterocycles. The Hall–Kier alpha value is -3.60. The number of sulfonamides is 1. The molecule has 0 aromatic heterocycles. The Bertz CT molecular complexity index is 1230. The number of carbonyl (C=O) groups excluding carboxylic acids is 1. The Morgan fingerprint density at radius 1 is 1.00 bits per heavy atom. The number of rotatable bonds is 11. The quantitative estimate of drug-likeness (QED) is 0.256. The summed E-state index contributed by atoms with van der Waals surface area (Å²) in [5.74, 6) is 0.0966. The lowest BCUT2D eigenvalue weighted by molar-refractivity contribution is -0.123. The molecule has 3 rings (SSSR count).